The summed E-state index contributed by atoms with van der Waals surface area (Å²) in [4.78, 5) is 14.0. The molecule has 0 aliphatic carbocycles. The third kappa shape index (κ3) is 6.71. The molecule has 1 aliphatic heterocycles. The number of ether oxygens (including phenoxy) is 1. The molecule has 116 valence electrons. The topological polar surface area (TPSA) is 53.6 Å². The molecule has 2 rings (SSSR count). The number of piperazine rings is 1. The molecule has 1 amide bonds. The molecule has 1 fully saturated rings. The van der Waals surface area contributed by atoms with Crippen LogP contribution in [0.2, 0.25) is 0 Å². The van der Waals surface area contributed by atoms with E-state index in [-0.39, 0.29) is 5.91 Å². The van der Waals surface area contributed by atoms with Gasteiger partial charge in [0.15, 0.2) is 0 Å². The van der Waals surface area contributed by atoms with Crippen LogP contribution < -0.4 is 10.6 Å². The summed E-state index contributed by atoms with van der Waals surface area (Å²) in [5.74, 6) is 0.0678. The standard InChI is InChI=1S/C16H25N3O2/c20-16(18-9-12-19-10-7-17-8-11-19)6-13-21-14-15-4-2-1-3-5-15/h1-5,17H,6-14H2,(H,18,20). The predicted octanol–water partition coefficient (Wildman–Crippen LogP) is 0.615. The SMILES string of the molecule is O=C(CCOCc1ccccc1)NCCN1CCNCC1. The van der Waals surface area contributed by atoms with Gasteiger partial charge >= 0.3 is 0 Å². The van der Waals surface area contributed by atoms with Crippen molar-refractivity contribution < 1.29 is 9.53 Å². The van der Waals surface area contributed by atoms with Crippen LogP contribution in [-0.4, -0.2) is 56.7 Å². The molecule has 1 aliphatic rings. The van der Waals surface area contributed by atoms with E-state index in [0.29, 0.717) is 19.6 Å². The minimum atomic E-state index is 0.0678. The summed E-state index contributed by atoms with van der Waals surface area (Å²) in [5.41, 5.74) is 1.14. The van der Waals surface area contributed by atoms with E-state index in [4.69, 9.17) is 4.74 Å². The molecular formula is C16H25N3O2. The maximum absolute atomic E-state index is 11.7. The van der Waals surface area contributed by atoms with E-state index in [1.54, 1.807) is 0 Å². The van der Waals surface area contributed by atoms with Crippen molar-refractivity contribution in [2.24, 2.45) is 0 Å². The quantitative estimate of drug-likeness (QED) is 0.689. The summed E-state index contributed by atoms with van der Waals surface area (Å²) in [7, 11) is 0. The first-order valence-corrected chi connectivity index (χ1v) is 7.66. The molecule has 0 bridgehead atoms. The number of carbonyl (C=O) groups is 1. The minimum Gasteiger partial charge on any atom is -0.376 e. The van der Waals surface area contributed by atoms with Gasteiger partial charge in [0.1, 0.15) is 0 Å². The zero-order chi connectivity index (χ0) is 14.8. The lowest BCUT2D eigenvalue weighted by molar-refractivity contribution is -0.122. The lowest BCUT2D eigenvalue weighted by Crippen LogP contribution is -2.46. The zero-order valence-corrected chi connectivity index (χ0v) is 12.5. The molecular weight excluding hydrogens is 266 g/mol. The first kappa shape index (κ1) is 15.9. The average molecular weight is 291 g/mol. The largest absolute Gasteiger partial charge is 0.376 e. The van der Waals surface area contributed by atoms with Gasteiger partial charge in [-0.1, -0.05) is 30.3 Å². The highest BCUT2D eigenvalue weighted by Crippen LogP contribution is 2.00. The molecule has 1 heterocycles. The second kappa shape index (κ2) is 9.50. The Balaban J connectivity index is 1.47. The summed E-state index contributed by atoms with van der Waals surface area (Å²) in [5, 5.41) is 6.26. The Kier molecular flexibility index (Phi) is 7.21. The van der Waals surface area contributed by atoms with Crippen molar-refractivity contribution in [2.45, 2.75) is 13.0 Å². The number of benzene rings is 1. The lowest BCUT2D eigenvalue weighted by Gasteiger charge is -2.27. The van der Waals surface area contributed by atoms with Gasteiger partial charge in [0.2, 0.25) is 5.91 Å². The van der Waals surface area contributed by atoms with Gasteiger partial charge in [-0.2, -0.15) is 0 Å². The van der Waals surface area contributed by atoms with Crippen LogP contribution >= 0.6 is 0 Å². The van der Waals surface area contributed by atoms with E-state index in [2.05, 4.69) is 15.5 Å². The fourth-order valence-electron chi connectivity index (χ4n) is 2.31. The highest BCUT2D eigenvalue weighted by atomic mass is 16.5. The molecule has 1 aromatic carbocycles. The third-order valence-electron chi connectivity index (χ3n) is 3.54. The number of rotatable bonds is 8. The number of hydrogen-bond acceptors (Lipinski definition) is 4. The van der Waals surface area contributed by atoms with Crippen molar-refractivity contribution in [3.8, 4) is 0 Å². The van der Waals surface area contributed by atoms with Crippen molar-refractivity contribution in [2.75, 3.05) is 45.9 Å². The minimum absolute atomic E-state index is 0.0678. The third-order valence-corrected chi connectivity index (χ3v) is 3.54. The highest BCUT2D eigenvalue weighted by Gasteiger charge is 2.09. The zero-order valence-electron chi connectivity index (χ0n) is 12.5. The van der Waals surface area contributed by atoms with Crippen LogP contribution in [0.4, 0.5) is 0 Å². The molecule has 1 aromatic rings. The van der Waals surface area contributed by atoms with Gasteiger partial charge in [-0.05, 0) is 5.56 Å². The molecule has 2 N–H and O–H groups in total. The predicted molar refractivity (Wildman–Crippen MR) is 83.0 cm³/mol. The molecule has 0 unspecified atom stereocenters. The molecule has 5 nitrogen and oxygen atoms in total. The number of carbonyl (C=O) groups excluding carboxylic acids is 1. The van der Waals surface area contributed by atoms with Crippen molar-refractivity contribution in [3.63, 3.8) is 0 Å². The molecule has 21 heavy (non-hydrogen) atoms. The van der Waals surface area contributed by atoms with E-state index in [1.165, 1.54) is 0 Å². The molecule has 0 aromatic heterocycles. The Bertz CT molecular complexity index is 405. The van der Waals surface area contributed by atoms with Crippen molar-refractivity contribution in [1.82, 2.24) is 15.5 Å². The van der Waals surface area contributed by atoms with E-state index >= 15 is 0 Å². The number of hydrogen-bond donors (Lipinski definition) is 2. The van der Waals surface area contributed by atoms with Crippen LogP contribution in [0.3, 0.4) is 0 Å². The average Bonchev–Trinajstić information content (AvgIpc) is 2.54. The van der Waals surface area contributed by atoms with Gasteiger partial charge in [-0.3, -0.25) is 9.69 Å². The summed E-state index contributed by atoms with van der Waals surface area (Å²) < 4.78 is 5.51. The lowest BCUT2D eigenvalue weighted by atomic mass is 10.2. The normalized spacial score (nSPS) is 15.8. The Morgan fingerprint density at radius 1 is 1.24 bits per heavy atom. The molecule has 1 saturated heterocycles. The van der Waals surface area contributed by atoms with E-state index in [0.717, 1.165) is 44.8 Å². The fraction of sp³-hybridized carbons (Fsp3) is 0.562. The van der Waals surface area contributed by atoms with Crippen LogP contribution in [0.5, 0.6) is 0 Å². The second-order valence-electron chi connectivity index (χ2n) is 5.23. The molecule has 0 saturated carbocycles. The van der Waals surface area contributed by atoms with Crippen molar-refractivity contribution in [1.29, 1.82) is 0 Å². The number of nitrogens with one attached hydrogen (secondary N) is 2. The maximum atomic E-state index is 11.7. The van der Waals surface area contributed by atoms with Gasteiger partial charge in [0.05, 0.1) is 13.2 Å². The van der Waals surface area contributed by atoms with Gasteiger partial charge in [-0.15, -0.1) is 0 Å². The van der Waals surface area contributed by atoms with E-state index in [9.17, 15) is 4.79 Å². The fourth-order valence-corrected chi connectivity index (χ4v) is 2.31. The summed E-state index contributed by atoms with van der Waals surface area (Å²) in [6.07, 6.45) is 0.425. The first-order chi connectivity index (χ1) is 10.3. The van der Waals surface area contributed by atoms with Gasteiger partial charge < -0.3 is 15.4 Å². The Hall–Kier alpha value is -1.43. The van der Waals surface area contributed by atoms with Crippen LogP contribution in [0.1, 0.15) is 12.0 Å². The van der Waals surface area contributed by atoms with Gasteiger partial charge in [0.25, 0.3) is 0 Å². The van der Waals surface area contributed by atoms with Crippen molar-refractivity contribution in [3.05, 3.63) is 35.9 Å². The number of amides is 1. The van der Waals surface area contributed by atoms with Gasteiger partial charge in [-0.25, -0.2) is 0 Å². The second-order valence-corrected chi connectivity index (χ2v) is 5.23. The Morgan fingerprint density at radius 3 is 2.76 bits per heavy atom. The Labute approximate surface area is 126 Å². The van der Waals surface area contributed by atoms with Crippen LogP contribution in [0.15, 0.2) is 30.3 Å². The van der Waals surface area contributed by atoms with Crippen molar-refractivity contribution >= 4 is 5.91 Å². The summed E-state index contributed by atoms with van der Waals surface area (Å²) in [6.45, 7) is 6.90. The highest BCUT2D eigenvalue weighted by molar-refractivity contribution is 5.75. The maximum Gasteiger partial charge on any atom is 0.222 e. The molecule has 0 radical (unpaired) electrons. The molecule has 0 atom stereocenters. The smallest absolute Gasteiger partial charge is 0.222 e. The van der Waals surface area contributed by atoms with E-state index in [1.807, 2.05) is 30.3 Å². The molecule has 5 heteroatoms. The van der Waals surface area contributed by atoms with E-state index < -0.39 is 0 Å². The summed E-state index contributed by atoms with van der Waals surface area (Å²) >= 11 is 0. The molecule has 0 spiro atoms. The Morgan fingerprint density at radius 2 is 2.00 bits per heavy atom. The summed E-state index contributed by atoms with van der Waals surface area (Å²) in [6, 6.07) is 10.00. The van der Waals surface area contributed by atoms with Crippen LogP contribution in [0, 0.1) is 0 Å². The van der Waals surface area contributed by atoms with Crippen LogP contribution in [0.25, 0.3) is 0 Å². The van der Waals surface area contributed by atoms with Crippen LogP contribution in [-0.2, 0) is 16.1 Å². The number of nitrogens with zero attached hydrogens (tertiary/aromatic N) is 1. The monoisotopic (exact) mass is 291 g/mol. The first-order valence-electron chi connectivity index (χ1n) is 7.66. The van der Waals surface area contributed by atoms with Gasteiger partial charge in [0, 0.05) is 45.7 Å².